The van der Waals surface area contributed by atoms with E-state index in [0.717, 1.165) is 9.13 Å². The molecule has 1 rings (SSSR count). The molecule has 0 spiro atoms. The second-order valence-electron chi connectivity index (χ2n) is 5.03. The Morgan fingerprint density at radius 3 is 2.71 bits per heavy atom. The van der Waals surface area contributed by atoms with Crippen LogP contribution in [0.2, 0.25) is 0 Å². The molecule has 0 radical (unpaired) electrons. The van der Waals surface area contributed by atoms with E-state index in [1.54, 1.807) is 0 Å². The highest BCUT2D eigenvalue weighted by Crippen LogP contribution is 2.20. The van der Waals surface area contributed by atoms with E-state index in [1.807, 2.05) is 36.4 Å². The van der Waals surface area contributed by atoms with Gasteiger partial charge in [0.15, 0.2) is 6.29 Å². The van der Waals surface area contributed by atoms with Crippen LogP contribution in [0.25, 0.3) is 0 Å². The second kappa shape index (κ2) is 10.5. The molecule has 0 saturated carbocycles. The van der Waals surface area contributed by atoms with Crippen molar-refractivity contribution in [3.05, 3.63) is 44.4 Å². The molecule has 0 aliphatic heterocycles. The number of aliphatic hydroxyl groups excluding tert-OH is 1. The molecule has 0 fully saturated rings. The fourth-order valence-corrected chi connectivity index (χ4v) is 2.81. The van der Waals surface area contributed by atoms with Crippen molar-refractivity contribution in [1.82, 2.24) is 5.32 Å². The summed E-state index contributed by atoms with van der Waals surface area (Å²) in [7, 11) is 0. The molecule has 0 aromatic heterocycles. The summed E-state index contributed by atoms with van der Waals surface area (Å²) in [5.41, 5.74) is 0.433. The van der Waals surface area contributed by atoms with Crippen LogP contribution in [-0.4, -0.2) is 43.0 Å². The van der Waals surface area contributed by atoms with E-state index in [-0.39, 0.29) is 24.4 Å². The summed E-state index contributed by atoms with van der Waals surface area (Å²) in [5, 5.41) is 12.0. The van der Waals surface area contributed by atoms with Crippen molar-refractivity contribution in [2.45, 2.75) is 26.3 Å². The van der Waals surface area contributed by atoms with Crippen molar-refractivity contribution >= 4 is 34.7 Å². The Hall–Kier alpha value is -1.32. The van der Waals surface area contributed by atoms with Gasteiger partial charge < -0.3 is 15.2 Å². The summed E-state index contributed by atoms with van der Waals surface area (Å²) in [6.45, 7) is 4.19. The Bertz CT molecular complexity index is 619. The minimum absolute atomic E-state index is 0.151. The third kappa shape index (κ3) is 5.64. The maximum absolute atomic E-state index is 14.1. The lowest BCUT2D eigenvalue weighted by molar-refractivity contribution is -0.104. The molecule has 24 heavy (non-hydrogen) atoms. The number of benzene rings is 1. The van der Waals surface area contributed by atoms with Crippen LogP contribution in [0.1, 0.15) is 29.8 Å². The standard InChI is InChI=1S/C17H21FINO4/c1-3-11-5-15(18)14(6-16(11)19)17(23)12(8-21)7-20-13(9-22)10-24-4-2/h5-8,13,20,22H,3-4,9-10H2,1-2H3/t13-/m1/s1. The predicted molar refractivity (Wildman–Crippen MR) is 97.5 cm³/mol. The summed E-state index contributed by atoms with van der Waals surface area (Å²) in [5.74, 6) is -1.36. The lowest BCUT2D eigenvalue weighted by Gasteiger charge is -2.14. The molecule has 0 unspecified atom stereocenters. The average molecular weight is 449 g/mol. The molecule has 132 valence electrons. The zero-order valence-electron chi connectivity index (χ0n) is 13.6. The quantitative estimate of drug-likeness (QED) is 0.143. The largest absolute Gasteiger partial charge is 0.394 e. The number of ketones is 1. The van der Waals surface area contributed by atoms with Gasteiger partial charge in [-0.25, -0.2) is 4.39 Å². The first-order valence-corrected chi connectivity index (χ1v) is 8.68. The number of aryl methyl sites for hydroxylation is 1. The van der Waals surface area contributed by atoms with Gasteiger partial charge in [0.2, 0.25) is 5.78 Å². The van der Waals surface area contributed by atoms with E-state index in [9.17, 15) is 19.1 Å². The van der Waals surface area contributed by atoms with Gasteiger partial charge in [0.05, 0.1) is 30.4 Å². The maximum atomic E-state index is 14.1. The number of carbonyl (C=O) groups excluding carboxylic acids is 2. The molecule has 1 aromatic rings. The van der Waals surface area contributed by atoms with Crippen molar-refractivity contribution in [3.63, 3.8) is 0 Å². The van der Waals surface area contributed by atoms with Crippen molar-refractivity contribution < 1.29 is 23.8 Å². The van der Waals surface area contributed by atoms with Crippen molar-refractivity contribution in [3.8, 4) is 0 Å². The van der Waals surface area contributed by atoms with Gasteiger partial charge in [-0.1, -0.05) is 6.92 Å². The molecule has 0 bridgehead atoms. The fourth-order valence-electron chi connectivity index (χ4n) is 1.96. The normalized spacial score (nSPS) is 12.8. The zero-order valence-corrected chi connectivity index (χ0v) is 15.8. The number of aldehydes is 1. The van der Waals surface area contributed by atoms with E-state index in [0.29, 0.717) is 19.3 Å². The molecule has 0 aliphatic rings. The van der Waals surface area contributed by atoms with Crippen LogP contribution in [0.5, 0.6) is 0 Å². The number of nitrogens with one attached hydrogen (secondary N) is 1. The molecule has 0 heterocycles. The van der Waals surface area contributed by atoms with Gasteiger partial charge in [-0.15, -0.1) is 0 Å². The van der Waals surface area contributed by atoms with Gasteiger partial charge in [0, 0.05) is 16.4 Å². The van der Waals surface area contributed by atoms with Crippen LogP contribution in [-0.2, 0) is 16.0 Å². The Kier molecular flexibility index (Phi) is 9.09. The number of Topliss-reactive ketones (excluding diaryl/α,β-unsaturated/α-hetero) is 1. The van der Waals surface area contributed by atoms with E-state index < -0.39 is 17.6 Å². The average Bonchev–Trinajstić information content (AvgIpc) is 2.59. The molecule has 1 aromatic carbocycles. The molecular formula is C17H21FINO4. The highest BCUT2D eigenvalue weighted by atomic mass is 127. The summed E-state index contributed by atoms with van der Waals surface area (Å²) in [4.78, 5) is 23.6. The molecule has 0 aliphatic carbocycles. The van der Waals surface area contributed by atoms with Gasteiger partial charge in [-0.3, -0.25) is 9.59 Å². The fraction of sp³-hybridized carbons (Fsp3) is 0.412. The first-order valence-electron chi connectivity index (χ1n) is 7.61. The lowest BCUT2D eigenvalue weighted by Crippen LogP contribution is -2.34. The highest BCUT2D eigenvalue weighted by molar-refractivity contribution is 14.1. The molecule has 1 atom stereocenters. The second-order valence-corrected chi connectivity index (χ2v) is 6.19. The maximum Gasteiger partial charge on any atom is 0.200 e. The topological polar surface area (TPSA) is 75.6 Å². The van der Waals surface area contributed by atoms with Crippen LogP contribution in [0.3, 0.4) is 0 Å². The third-order valence-electron chi connectivity index (χ3n) is 3.37. The predicted octanol–water partition coefficient (Wildman–Crippen LogP) is 2.25. The van der Waals surface area contributed by atoms with E-state index >= 15 is 0 Å². The number of rotatable bonds is 10. The summed E-state index contributed by atoms with van der Waals surface area (Å²) in [6, 6.07) is 2.30. The molecule has 0 saturated heterocycles. The number of allylic oxidation sites excluding steroid dienone is 1. The summed E-state index contributed by atoms with van der Waals surface area (Å²) >= 11 is 2.03. The van der Waals surface area contributed by atoms with Gasteiger partial charge in [-0.05, 0) is 53.6 Å². The lowest BCUT2D eigenvalue weighted by atomic mass is 10.0. The first-order chi connectivity index (χ1) is 11.5. The van der Waals surface area contributed by atoms with E-state index in [4.69, 9.17) is 4.74 Å². The molecule has 7 heteroatoms. The molecular weight excluding hydrogens is 428 g/mol. The number of hydrogen-bond acceptors (Lipinski definition) is 5. The number of ether oxygens (including phenoxy) is 1. The minimum Gasteiger partial charge on any atom is -0.394 e. The van der Waals surface area contributed by atoms with E-state index in [2.05, 4.69) is 5.32 Å². The summed E-state index contributed by atoms with van der Waals surface area (Å²) in [6.07, 6.45) is 2.21. The smallest absolute Gasteiger partial charge is 0.200 e. The highest BCUT2D eigenvalue weighted by Gasteiger charge is 2.18. The Morgan fingerprint density at radius 2 is 2.17 bits per heavy atom. The van der Waals surface area contributed by atoms with Crippen LogP contribution in [0.4, 0.5) is 4.39 Å². The number of carbonyl (C=O) groups is 2. The number of halogens is 2. The minimum atomic E-state index is -0.705. The van der Waals surface area contributed by atoms with Gasteiger partial charge in [0.1, 0.15) is 5.82 Å². The monoisotopic (exact) mass is 449 g/mol. The summed E-state index contributed by atoms with van der Waals surface area (Å²) < 4.78 is 20.1. The first kappa shape index (κ1) is 20.7. The zero-order chi connectivity index (χ0) is 18.1. The van der Waals surface area contributed by atoms with Crippen molar-refractivity contribution in [2.75, 3.05) is 19.8 Å². The Morgan fingerprint density at radius 1 is 1.46 bits per heavy atom. The van der Waals surface area contributed by atoms with Gasteiger partial charge in [0.25, 0.3) is 0 Å². The van der Waals surface area contributed by atoms with E-state index in [1.165, 1.54) is 18.3 Å². The molecule has 5 nitrogen and oxygen atoms in total. The van der Waals surface area contributed by atoms with Crippen LogP contribution >= 0.6 is 22.6 Å². The van der Waals surface area contributed by atoms with Gasteiger partial charge in [-0.2, -0.15) is 0 Å². The SMILES string of the molecule is CCOC[C@@H](CO)NC=C(C=O)C(=O)c1cc(I)c(CC)cc1F. The van der Waals surface area contributed by atoms with Gasteiger partial charge >= 0.3 is 0 Å². The number of hydrogen-bond donors (Lipinski definition) is 2. The van der Waals surface area contributed by atoms with Crippen LogP contribution in [0, 0.1) is 9.39 Å². The van der Waals surface area contributed by atoms with Crippen molar-refractivity contribution in [2.24, 2.45) is 0 Å². The Balaban J connectivity index is 2.99. The molecule has 0 amide bonds. The number of aliphatic hydroxyl groups is 1. The van der Waals surface area contributed by atoms with Crippen LogP contribution in [0.15, 0.2) is 23.9 Å². The molecule has 2 N–H and O–H groups in total. The Labute approximate surface area is 154 Å². The van der Waals surface area contributed by atoms with Crippen LogP contribution < -0.4 is 5.32 Å². The third-order valence-corrected chi connectivity index (χ3v) is 4.37. The van der Waals surface area contributed by atoms with Crippen molar-refractivity contribution in [1.29, 1.82) is 0 Å².